The fourth-order valence-electron chi connectivity index (χ4n) is 13.3. The second kappa shape index (κ2) is 20.4. The summed E-state index contributed by atoms with van der Waals surface area (Å²) in [6, 6.07) is 2.99. The molecule has 4 saturated heterocycles. The van der Waals surface area contributed by atoms with E-state index in [1.165, 1.54) is 54.6 Å². The summed E-state index contributed by atoms with van der Waals surface area (Å²) in [6.45, 7) is 14.8. The van der Waals surface area contributed by atoms with Crippen LogP contribution in [0, 0.1) is 17.8 Å². The van der Waals surface area contributed by atoms with Gasteiger partial charge >= 0.3 is 12.1 Å². The average molecular weight is 949 g/mol. The molecule has 5 amide bonds. The Hall–Kier alpha value is -4.96. The highest BCUT2D eigenvalue weighted by Crippen LogP contribution is 2.56. The number of likely N-dealkylation sites (tertiary alicyclic amines) is 1. The van der Waals surface area contributed by atoms with Crippen molar-refractivity contribution in [3.05, 3.63) is 53.0 Å². The van der Waals surface area contributed by atoms with Gasteiger partial charge in [-0.05, 0) is 98.7 Å². The molecule has 6 fully saturated rings. The van der Waals surface area contributed by atoms with Gasteiger partial charge in [0.05, 0.1) is 50.4 Å². The van der Waals surface area contributed by atoms with Gasteiger partial charge in [-0.2, -0.15) is 0 Å². The predicted molar refractivity (Wildman–Crippen MR) is 263 cm³/mol. The molecule has 4 aliphatic heterocycles. The molecule has 1 aromatic carbocycles. The van der Waals surface area contributed by atoms with Crippen molar-refractivity contribution in [2.45, 2.75) is 147 Å². The number of aromatic nitrogens is 4. The van der Waals surface area contributed by atoms with Crippen LogP contribution in [-0.4, -0.2) is 143 Å². The van der Waals surface area contributed by atoms with Crippen molar-refractivity contribution in [3.8, 4) is 11.3 Å². The first kappa shape index (κ1) is 47.7. The quantitative estimate of drug-likeness (QED) is 0.146. The lowest BCUT2D eigenvalue weighted by atomic mass is 9.78. The number of H-pyrrole nitrogens is 2. The number of carbonyl (C=O) groups excluding carboxylic acids is 4. The van der Waals surface area contributed by atoms with E-state index >= 15 is 0 Å². The van der Waals surface area contributed by atoms with Crippen molar-refractivity contribution in [3.63, 3.8) is 0 Å². The van der Waals surface area contributed by atoms with Crippen LogP contribution in [0.5, 0.6) is 0 Å². The summed E-state index contributed by atoms with van der Waals surface area (Å²) >= 11 is 0. The maximum atomic E-state index is 14.2. The third-order valence-corrected chi connectivity index (χ3v) is 17.2. The lowest BCUT2D eigenvalue weighted by Gasteiger charge is -2.37. The molecule has 1 unspecified atom stereocenters. The van der Waals surface area contributed by atoms with Crippen molar-refractivity contribution in [1.29, 1.82) is 0 Å². The number of carbonyl (C=O) groups is 4. The normalized spacial score (nSPS) is 24.9. The zero-order valence-corrected chi connectivity index (χ0v) is 41.5. The molecule has 69 heavy (non-hydrogen) atoms. The first-order chi connectivity index (χ1) is 33.5. The number of anilines is 1. The summed E-state index contributed by atoms with van der Waals surface area (Å²) in [5, 5.41) is 6.18. The molecule has 1 spiro atoms. The molecule has 7 aliphatic rings. The predicted octanol–water partition coefficient (Wildman–Crippen LogP) is 7.19. The van der Waals surface area contributed by atoms with Crippen molar-refractivity contribution in [2.75, 3.05) is 77.1 Å². The van der Waals surface area contributed by atoms with Crippen LogP contribution in [-0.2, 0) is 30.9 Å². The van der Waals surface area contributed by atoms with Crippen molar-refractivity contribution in [2.24, 2.45) is 17.8 Å². The van der Waals surface area contributed by atoms with Gasteiger partial charge in [-0.15, -0.1) is 0 Å². The Morgan fingerprint density at radius 1 is 0.696 bits per heavy atom. The number of aromatic amines is 2. The molecule has 2 saturated carbocycles. The number of ether oxygens (including phenoxy) is 2. The Labute approximate surface area is 407 Å². The molecule has 16 heteroatoms. The zero-order valence-electron chi connectivity index (χ0n) is 41.5. The van der Waals surface area contributed by atoms with Gasteiger partial charge < -0.3 is 49.7 Å². The van der Waals surface area contributed by atoms with Gasteiger partial charge in [-0.25, -0.2) is 19.6 Å². The molecule has 5 atom stereocenters. The number of Topliss-reactive ketones (excluding diaryl/α,β-unsaturated/α-hetero) is 1. The number of ketones is 1. The van der Waals surface area contributed by atoms with E-state index in [0.717, 1.165) is 81.8 Å². The van der Waals surface area contributed by atoms with E-state index in [9.17, 15) is 19.2 Å². The van der Waals surface area contributed by atoms with Crippen LogP contribution in [0.1, 0.15) is 151 Å². The number of piperidine rings is 1. The number of rotatable bonds is 12. The summed E-state index contributed by atoms with van der Waals surface area (Å²) < 4.78 is 10.9. The van der Waals surface area contributed by atoms with Crippen LogP contribution in [0.15, 0.2) is 24.5 Å². The molecule has 6 heterocycles. The average Bonchev–Trinajstić information content (AvgIpc) is 4.24. The van der Waals surface area contributed by atoms with Crippen LogP contribution in [0.25, 0.3) is 11.3 Å². The Kier molecular flexibility index (Phi) is 14.1. The summed E-state index contributed by atoms with van der Waals surface area (Å²) in [5.74, 6) is 1.96. The first-order valence-corrected chi connectivity index (χ1v) is 26.6. The lowest BCUT2D eigenvalue weighted by molar-refractivity contribution is -0.135. The van der Waals surface area contributed by atoms with E-state index in [-0.39, 0.29) is 58.9 Å². The van der Waals surface area contributed by atoms with Crippen LogP contribution in [0.3, 0.4) is 0 Å². The molecule has 3 aromatic rings. The minimum absolute atomic E-state index is 0.0143. The highest BCUT2D eigenvalue weighted by atomic mass is 16.5. The maximum absolute atomic E-state index is 14.2. The minimum atomic E-state index is -0.621. The number of urea groups is 2. The smallest absolute Gasteiger partial charge is 0.318 e. The van der Waals surface area contributed by atoms with E-state index in [4.69, 9.17) is 19.4 Å². The highest BCUT2D eigenvalue weighted by molar-refractivity contribution is 5.91. The summed E-state index contributed by atoms with van der Waals surface area (Å²) in [4.78, 5) is 80.3. The maximum Gasteiger partial charge on any atom is 0.318 e. The lowest BCUT2D eigenvalue weighted by Crippen LogP contribution is -2.55. The molecule has 0 bridgehead atoms. The topological polar surface area (TPSA) is 181 Å². The fraction of sp³-hybridized carbons (Fsp3) is 0.698. The monoisotopic (exact) mass is 949 g/mol. The Balaban J connectivity index is 0.818. The van der Waals surface area contributed by atoms with Crippen molar-refractivity contribution < 1.29 is 28.7 Å². The van der Waals surface area contributed by atoms with Gasteiger partial charge in [0.25, 0.3) is 0 Å². The third-order valence-electron chi connectivity index (χ3n) is 17.2. The number of morpholine rings is 2. The molecule has 374 valence electrons. The standard InChI is InChI=1S/C53H76N10O6/c1-33(2)45(58-51(66)61-23-27-68-28-24-61)47(64)38-9-7-10-39(38)48-54-31-40(56-48)35-15-21-60(22-16-35)42-13-12-36(37-14-19-53(44(37)42)17-5-6-18-53)41-32-55-49(57-41)43-11-8-20-63(43)50(65)46(34(3)4)59-52(67)62-25-29-69-30-26-62/h12-13,31-35,38-39,43,45-46H,5-11,14-30H2,1-4H3,(H,54,56)(H,55,57)(H,58,66)(H,59,67)/t38?,39-,43+,45+,46+/m1/s1. The first-order valence-electron chi connectivity index (χ1n) is 26.6. The summed E-state index contributed by atoms with van der Waals surface area (Å²) in [6.07, 6.45) is 17.7. The van der Waals surface area contributed by atoms with E-state index in [0.29, 0.717) is 65.1 Å². The minimum Gasteiger partial charge on any atom is -0.378 e. The molecule has 16 nitrogen and oxygen atoms in total. The molecule has 3 aliphatic carbocycles. The Morgan fingerprint density at radius 3 is 2.01 bits per heavy atom. The van der Waals surface area contributed by atoms with E-state index in [2.05, 4.69) is 37.6 Å². The molecule has 4 N–H and O–H groups in total. The highest BCUT2D eigenvalue weighted by Gasteiger charge is 2.46. The number of nitrogens with one attached hydrogen (secondary N) is 4. The third kappa shape index (κ3) is 9.52. The molecule has 2 aromatic heterocycles. The van der Waals surface area contributed by atoms with Crippen LogP contribution in [0.2, 0.25) is 0 Å². The summed E-state index contributed by atoms with van der Waals surface area (Å²) in [7, 11) is 0. The van der Waals surface area contributed by atoms with Gasteiger partial charge in [-0.3, -0.25) is 9.59 Å². The second-order valence-electron chi connectivity index (χ2n) is 21.9. The second-order valence-corrected chi connectivity index (χ2v) is 21.9. The van der Waals surface area contributed by atoms with Crippen molar-refractivity contribution >= 4 is 29.4 Å². The van der Waals surface area contributed by atoms with Gasteiger partial charge in [0, 0.05) is 86.7 Å². The van der Waals surface area contributed by atoms with Crippen molar-refractivity contribution in [1.82, 2.24) is 45.3 Å². The SMILES string of the molecule is CC(C)[C@H](NC(=O)N1CCOCC1)C(=O)C1CCC[C@H]1c1ncc(C2CCN(c3ccc(-c4cnc([C@@H]5CCCN5C(=O)[C@@H](NC(=O)N5CCOCC5)C(C)C)[nH]4)c4c3C3(CCCC3)CC4)CC2)[nH]1. The molecular weight excluding hydrogens is 873 g/mol. The largest absolute Gasteiger partial charge is 0.378 e. The number of hydrogen-bond acceptors (Lipinski definition) is 9. The molecular formula is C53H76N10O6. The van der Waals surface area contributed by atoms with E-state index < -0.39 is 12.1 Å². The van der Waals surface area contributed by atoms with Crippen LogP contribution < -0.4 is 15.5 Å². The Morgan fingerprint density at radius 2 is 1.35 bits per heavy atom. The van der Waals surface area contributed by atoms with Crippen LogP contribution >= 0.6 is 0 Å². The van der Waals surface area contributed by atoms with Gasteiger partial charge in [0.1, 0.15) is 17.7 Å². The van der Waals surface area contributed by atoms with Gasteiger partial charge in [0.2, 0.25) is 5.91 Å². The summed E-state index contributed by atoms with van der Waals surface area (Å²) in [5.41, 5.74) is 8.04. The van der Waals surface area contributed by atoms with Gasteiger partial charge in [0.15, 0.2) is 5.78 Å². The molecule has 0 radical (unpaired) electrons. The van der Waals surface area contributed by atoms with Gasteiger partial charge in [-0.1, -0.05) is 53.0 Å². The fourth-order valence-corrected chi connectivity index (χ4v) is 13.3. The zero-order chi connectivity index (χ0) is 47.8. The molecule has 10 rings (SSSR count). The van der Waals surface area contributed by atoms with E-state index in [1.807, 2.05) is 45.0 Å². The van der Waals surface area contributed by atoms with Crippen LogP contribution in [0.4, 0.5) is 15.3 Å². The number of nitrogens with zero attached hydrogens (tertiary/aromatic N) is 6. The number of fused-ring (bicyclic) bond motifs is 2. The Bertz CT molecular complexity index is 2320. The number of hydrogen-bond donors (Lipinski definition) is 4. The van der Waals surface area contributed by atoms with E-state index in [1.54, 1.807) is 15.4 Å². The number of benzene rings is 1. The number of imidazole rings is 2. The number of amides is 5.